The molecule has 6 aliphatic rings. The number of benzene rings is 6. The van der Waals surface area contributed by atoms with Gasteiger partial charge in [0.1, 0.15) is 0 Å². The predicted molar refractivity (Wildman–Crippen MR) is 518 cm³/mol. The molecule has 0 N–H and O–H groups in total. The van der Waals surface area contributed by atoms with Crippen molar-refractivity contribution in [3.8, 4) is 0 Å². The summed E-state index contributed by atoms with van der Waals surface area (Å²) >= 11 is 0. The van der Waals surface area contributed by atoms with Crippen LogP contribution in [0, 0.1) is 0 Å². The zero-order valence-electron chi connectivity index (χ0n) is 79.1. The van der Waals surface area contributed by atoms with Crippen molar-refractivity contribution >= 4 is 43.1 Å². The van der Waals surface area contributed by atoms with Crippen LogP contribution in [0.3, 0.4) is 0 Å². The van der Waals surface area contributed by atoms with Crippen molar-refractivity contribution in [1.29, 1.82) is 0 Å². The summed E-state index contributed by atoms with van der Waals surface area (Å²) < 4.78 is 83.9. The summed E-state index contributed by atoms with van der Waals surface area (Å²) in [7, 11) is 0. The molecular formula is C106H158FeN8O16. The van der Waals surface area contributed by atoms with E-state index in [0.29, 0.717) is 222 Å². The van der Waals surface area contributed by atoms with Gasteiger partial charge in [-0.2, -0.15) is 0 Å². The van der Waals surface area contributed by atoms with Gasteiger partial charge in [-0.05, 0) is 141 Å². The molecule has 0 aromatic heterocycles. The van der Waals surface area contributed by atoms with Crippen molar-refractivity contribution in [3.05, 3.63) is 192 Å². The van der Waals surface area contributed by atoms with Crippen molar-refractivity contribution < 1.29 is 93.6 Å². The van der Waals surface area contributed by atoms with Gasteiger partial charge in [0.05, 0.1) is 185 Å². The second-order valence-corrected chi connectivity index (χ2v) is 34.7. The van der Waals surface area contributed by atoms with Crippen molar-refractivity contribution in [2.45, 2.75) is 116 Å². The summed E-state index contributed by atoms with van der Waals surface area (Å²) in [6.07, 6.45) is 35.1. The minimum absolute atomic E-state index is 0. The van der Waals surface area contributed by atoms with Gasteiger partial charge in [-0.25, -0.2) is 0 Å². The Morgan fingerprint density at radius 2 is 0.389 bits per heavy atom. The van der Waals surface area contributed by atoms with E-state index in [1.165, 1.54) is 157 Å². The number of rotatable bonds is 28. The van der Waals surface area contributed by atoms with Gasteiger partial charge in [0.15, 0.2) is 0 Å². The molecule has 6 aromatic carbocycles. The Hall–Kier alpha value is -6.28. The molecule has 131 heavy (non-hydrogen) atoms. The number of hydrogen-bond donors (Lipinski definition) is 0. The summed E-state index contributed by atoms with van der Waals surface area (Å²) in [5.41, 5.74) is 4.15. The van der Waals surface area contributed by atoms with Gasteiger partial charge < -0.3 is 86.3 Å². The maximum absolute atomic E-state index is 13.0. The van der Waals surface area contributed by atoms with Gasteiger partial charge in [-0.3, -0.25) is 29.4 Å². The first-order valence-electron chi connectivity index (χ1n) is 49.7. The molecule has 4 heterocycles. The van der Waals surface area contributed by atoms with E-state index >= 15 is 0 Å². The molecule has 0 atom stereocenters. The molecule has 0 unspecified atom stereocenters. The molecule has 12 rings (SSSR count). The second-order valence-electron chi connectivity index (χ2n) is 34.7. The van der Waals surface area contributed by atoms with E-state index in [1.807, 2.05) is 58.4 Å². The van der Waals surface area contributed by atoms with Gasteiger partial charge >= 0.3 is 17.1 Å². The zero-order valence-corrected chi connectivity index (χ0v) is 80.2. The molecule has 0 radical (unpaired) electrons. The third kappa shape index (κ3) is 42.5. The second kappa shape index (κ2) is 67.8. The van der Waals surface area contributed by atoms with E-state index in [2.05, 4.69) is 139 Å². The Morgan fingerprint density at radius 1 is 0.214 bits per heavy atom. The fourth-order valence-electron chi connectivity index (χ4n) is 17.5. The van der Waals surface area contributed by atoms with Crippen molar-refractivity contribution in [2.75, 3.05) is 316 Å². The monoisotopic (exact) mass is 1860 g/mol. The summed E-state index contributed by atoms with van der Waals surface area (Å²) in [6.45, 7) is 35.9. The molecule has 6 aromatic rings. The van der Waals surface area contributed by atoms with E-state index in [9.17, 15) is 10.2 Å². The first kappa shape index (κ1) is 107. The van der Waals surface area contributed by atoms with Crippen LogP contribution in [0.5, 0.6) is 0 Å². The Balaban J connectivity index is 0.000000270. The van der Waals surface area contributed by atoms with Crippen LogP contribution in [0.2, 0.25) is 0 Å². The Kier molecular flexibility index (Phi) is 55.3. The SMILES string of the molecule is [Fe+2].[O-]C(=C1C=CC=C1)N1CCOCCOCCN(CCCCCCCCCCN2CCOCCOCCN(Cc3c4ccccc4cc4ccccc34)CCOCCOCC2)CCOCC1.[O-]C(=C1C=CC=C1)N1CCOCCOCCN(CCCCCCCCCCN2CCOCCOCCN(Cc3c4ccccc4cc4ccccc34)CCOCCOCC2)CCOCC1. The minimum atomic E-state index is 0. The van der Waals surface area contributed by atoms with E-state index < -0.39 is 0 Å². The van der Waals surface area contributed by atoms with Crippen LogP contribution in [-0.4, -0.2) is 355 Å². The first-order valence-corrected chi connectivity index (χ1v) is 49.7. The van der Waals surface area contributed by atoms with Gasteiger partial charge in [0.2, 0.25) is 0 Å². The topological polar surface area (TPSA) is 201 Å². The summed E-state index contributed by atoms with van der Waals surface area (Å²) in [6, 6.07) is 39.5. The number of fused-ring (bicyclic) bond motifs is 4. The van der Waals surface area contributed by atoms with Crippen molar-refractivity contribution in [1.82, 2.24) is 39.2 Å². The van der Waals surface area contributed by atoms with Gasteiger partial charge in [-0.1, -0.05) is 223 Å². The average molecular weight is 1860 g/mol. The van der Waals surface area contributed by atoms with Crippen LogP contribution in [0.25, 0.3) is 43.1 Å². The van der Waals surface area contributed by atoms with E-state index in [0.717, 1.165) is 118 Å². The molecule has 0 bridgehead atoms. The van der Waals surface area contributed by atoms with Gasteiger partial charge in [0.25, 0.3) is 0 Å². The van der Waals surface area contributed by atoms with E-state index in [4.69, 9.17) is 66.3 Å². The number of nitrogens with zero attached hydrogens (tertiary/aromatic N) is 8. The summed E-state index contributed by atoms with van der Waals surface area (Å²) in [5, 5.41) is 36.3. The molecule has 4 aliphatic heterocycles. The van der Waals surface area contributed by atoms with Crippen LogP contribution in [0.4, 0.5) is 0 Å². The normalized spacial score (nSPS) is 20.0. The van der Waals surface area contributed by atoms with Crippen LogP contribution < -0.4 is 10.2 Å². The minimum Gasteiger partial charge on any atom is -0.860 e. The molecule has 0 saturated carbocycles. The number of unbranched alkanes of at least 4 members (excludes halogenated alkanes) is 14. The largest absolute Gasteiger partial charge is 2.00 e. The molecule has 2 aliphatic carbocycles. The summed E-state index contributed by atoms with van der Waals surface area (Å²) in [5.74, 6) is 0.0575. The molecule has 0 amide bonds. The van der Waals surface area contributed by atoms with Gasteiger partial charge in [-0.15, -0.1) is 0 Å². The van der Waals surface area contributed by atoms with E-state index in [1.54, 1.807) is 0 Å². The smallest absolute Gasteiger partial charge is 0.860 e. The molecule has 0 spiro atoms. The van der Waals surface area contributed by atoms with Crippen molar-refractivity contribution in [2.24, 2.45) is 0 Å². The molecule has 726 valence electrons. The number of hydrogen-bond acceptors (Lipinski definition) is 24. The first-order chi connectivity index (χ1) is 64.5. The number of ether oxygens (including phenoxy) is 14. The molecular weight excluding hydrogens is 1700 g/mol. The molecule has 24 nitrogen and oxygen atoms in total. The van der Waals surface area contributed by atoms with Crippen LogP contribution in [-0.2, 0) is 96.5 Å². The predicted octanol–water partition coefficient (Wildman–Crippen LogP) is 13.3. The van der Waals surface area contributed by atoms with Crippen LogP contribution >= 0.6 is 0 Å². The quantitative estimate of drug-likeness (QED) is 0.0194. The van der Waals surface area contributed by atoms with E-state index in [-0.39, 0.29) is 28.8 Å². The number of allylic oxidation sites excluding steroid dienone is 10. The average Bonchev–Trinajstić information content (AvgIpc) is 1.08. The van der Waals surface area contributed by atoms with Crippen molar-refractivity contribution in [3.63, 3.8) is 0 Å². The Labute approximate surface area is 794 Å². The third-order valence-corrected chi connectivity index (χ3v) is 25.2. The van der Waals surface area contributed by atoms with Gasteiger partial charge in [0, 0.05) is 118 Å². The third-order valence-electron chi connectivity index (χ3n) is 25.2. The molecule has 4 saturated heterocycles. The zero-order chi connectivity index (χ0) is 89.7. The maximum atomic E-state index is 13.0. The Morgan fingerprint density at radius 3 is 0.603 bits per heavy atom. The maximum Gasteiger partial charge on any atom is 2.00 e. The fourth-order valence-corrected chi connectivity index (χ4v) is 17.5. The fraction of sp³-hybridized carbons (Fsp3) is 0.623. The Bertz CT molecular complexity index is 3780. The van der Waals surface area contributed by atoms with Crippen LogP contribution in [0.15, 0.2) is 181 Å². The standard InChI is InChI=1S/2C53H80N4O8.Fe/c2*58-53(47-15-7-8-16-47)57-29-37-59-31-23-54(24-32-62-43-44-65-38-30-57)21-13-5-3-1-2-4-6-14-22-55-25-33-60-39-41-63-35-27-56(28-36-64-42-40-61-34-26-55)46-52-50-19-11-9-17-48(50)45-49-18-10-12-20-51(49)52;/h2*7-12,15-20,45,58H,1-6,13-14,21-44,46H2;/q;;+2/p-2. The molecule has 4 fully saturated rings. The molecule has 25 heteroatoms. The summed E-state index contributed by atoms with van der Waals surface area (Å²) in [4.78, 5) is 18.5. The van der Waals surface area contributed by atoms with Crippen LogP contribution in [0.1, 0.15) is 114 Å².